The minimum Gasteiger partial charge on any atom is -0.353 e. The van der Waals surface area contributed by atoms with Crippen LogP contribution in [0.15, 0.2) is 18.5 Å². The van der Waals surface area contributed by atoms with Crippen LogP contribution in [-0.2, 0) is 0 Å². The van der Waals surface area contributed by atoms with Crippen molar-refractivity contribution in [2.45, 2.75) is 65.6 Å². The fourth-order valence-electron chi connectivity index (χ4n) is 3.84. The van der Waals surface area contributed by atoms with Crippen molar-refractivity contribution in [3.05, 3.63) is 35.4 Å². The van der Waals surface area contributed by atoms with Crippen LogP contribution < -0.4 is 4.90 Å². The van der Waals surface area contributed by atoms with E-state index in [0.29, 0.717) is 6.17 Å². The summed E-state index contributed by atoms with van der Waals surface area (Å²) < 4.78 is 0. The molecule has 0 bridgehead atoms. The van der Waals surface area contributed by atoms with Crippen molar-refractivity contribution in [2.24, 2.45) is 0 Å². The third-order valence-electron chi connectivity index (χ3n) is 4.72. The average Bonchev–Trinajstić information content (AvgIpc) is 2.99. The molecule has 1 atom stereocenters. The molecule has 0 radical (unpaired) electrons. The Morgan fingerprint density at radius 3 is 2.45 bits per heavy atom. The zero-order chi connectivity index (χ0) is 14.3. The summed E-state index contributed by atoms with van der Waals surface area (Å²) in [5, 5.41) is 0. The van der Waals surface area contributed by atoms with Gasteiger partial charge in [0, 0.05) is 24.1 Å². The number of aromatic nitrogens is 1. The lowest BCUT2D eigenvalue weighted by Gasteiger charge is -2.35. The van der Waals surface area contributed by atoms with E-state index in [1.807, 2.05) is 0 Å². The van der Waals surface area contributed by atoms with Gasteiger partial charge in [0.15, 0.2) is 0 Å². The van der Waals surface area contributed by atoms with Gasteiger partial charge in [0.1, 0.15) is 6.17 Å². The smallest absolute Gasteiger partial charge is 0.103 e. The van der Waals surface area contributed by atoms with Crippen molar-refractivity contribution in [3.63, 3.8) is 0 Å². The van der Waals surface area contributed by atoms with E-state index in [9.17, 15) is 0 Å². The lowest BCUT2D eigenvalue weighted by atomic mass is 10.1. The molecule has 2 heterocycles. The molecular formula is C17H25N3. The van der Waals surface area contributed by atoms with Gasteiger partial charge in [0.05, 0.1) is 11.4 Å². The lowest BCUT2D eigenvalue weighted by molar-refractivity contribution is 0.237. The molecule has 3 heteroatoms. The minimum absolute atomic E-state index is 0.403. The van der Waals surface area contributed by atoms with Gasteiger partial charge in [-0.15, -0.1) is 0 Å². The Hall–Kier alpha value is -1.51. The van der Waals surface area contributed by atoms with Gasteiger partial charge in [-0.05, 0) is 52.2 Å². The Morgan fingerprint density at radius 1 is 1.10 bits per heavy atom. The summed E-state index contributed by atoms with van der Waals surface area (Å²) in [4.78, 5) is 9.56. The summed E-state index contributed by atoms with van der Waals surface area (Å²) in [5.41, 5.74) is 4.83. The van der Waals surface area contributed by atoms with Crippen LogP contribution in [0.1, 0.15) is 49.6 Å². The molecule has 1 saturated carbocycles. The van der Waals surface area contributed by atoms with Gasteiger partial charge in [0.2, 0.25) is 0 Å². The summed E-state index contributed by atoms with van der Waals surface area (Å²) >= 11 is 0. The first-order valence-electron chi connectivity index (χ1n) is 7.77. The zero-order valence-electron chi connectivity index (χ0n) is 13.1. The molecule has 20 heavy (non-hydrogen) atoms. The summed E-state index contributed by atoms with van der Waals surface area (Å²) in [6, 6.07) is 2.91. The molecule has 1 aliphatic heterocycles. The van der Waals surface area contributed by atoms with Gasteiger partial charge in [-0.1, -0.05) is 12.8 Å². The van der Waals surface area contributed by atoms with E-state index >= 15 is 0 Å². The topological polar surface area (TPSA) is 19.4 Å². The lowest BCUT2D eigenvalue weighted by Crippen LogP contribution is -2.41. The van der Waals surface area contributed by atoms with Crippen LogP contribution in [0.5, 0.6) is 0 Å². The van der Waals surface area contributed by atoms with Crippen LogP contribution in [0.4, 0.5) is 5.69 Å². The SMILES string of the molecule is Cc1cc(C)c(N2C=CN(C3CCCC3)[C@H]2C)c(C)n1. The predicted molar refractivity (Wildman–Crippen MR) is 83.6 cm³/mol. The van der Waals surface area contributed by atoms with E-state index in [0.717, 1.165) is 17.4 Å². The first-order chi connectivity index (χ1) is 9.58. The highest BCUT2D eigenvalue weighted by atomic mass is 15.4. The van der Waals surface area contributed by atoms with Crippen molar-refractivity contribution in [1.82, 2.24) is 9.88 Å². The maximum atomic E-state index is 4.64. The van der Waals surface area contributed by atoms with Crippen LogP contribution in [0.25, 0.3) is 0 Å². The molecule has 0 spiro atoms. The van der Waals surface area contributed by atoms with Gasteiger partial charge in [0.25, 0.3) is 0 Å². The molecule has 1 aliphatic carbocycles. The number of rotatable bonds is 2. The Morgan fingerprint density at radius 2 is 1.80 bits per heavy atom. The normalized spacial score (nSPS) is 23.1. The number of anilines is 1. The maximum Gasteiger partial charge on any atom is 0.103 e. The molecule has 1 aromatic rings. The largest absolute Gasteiger partial charge is 0.353 e. The molecule has 2 aliphatic rings. The summed E-state index contributed by atoms with van der Waals surface area (Å²) in [6.45, 7) is 8.68. The molecule has 0 unspecified atom stereocenters. The number of nitrogens with zero attached hydrogens (tertiary/aromatic N) is 3. The van der Waals surface area contributed by atoms with Crippen LogP contribution in [0.2, 0.25) is 0 Å². The fraction of sp³-hybridized carbons (Fsp3) is 0.588. The molecule has 1 fully saturated rings. The van der Waals surface area contributed by atoms with E-state index < -0.39 is 0 Å². The van der Waals surface area contributed by atoms with E-state index in [4.69, 9.17) is 0 Å². The first kappa shape index (κ1) is 13.5. The summed E-state index contributed by atoms with van der Waals surface area (Å²) in [5.74, 6) is 0. The highest BCUT2D eigenvalue weighted by Crippen LogP contribution is 2.34. The summed E-state index contributed by atoms with van der Waals surface area (Å²) in [6.07, 6.45) is 10.4. The molecule has 1 aromatic heterocycles. The standard InChI is InChI=1S/C17H25N3/c1-12-11-13(2)18-14(3)17(12)20-10-9-19(15(20)4)16-7-5-6-8-16/h9-11,15-16H,5-8H2,1-4H3/t15-/m1/s1. The maximum absolute atomic E-state index is 4.64. The van der Waals surface area contributed by atoms with Crippen molar-refractivity contribution >= 4 is 5.69 Å². The van der Waals surface area contributed by atoms with Gasteiger partial charge >= 0.3 is 0 Å². The van der Waals surface area contributed by atoms with Crippen molar-refractivity contribution in [2.75, 3.05) is 4.90 Å². The third kappa shape index (κ3) is 2.19. The van der Waals surface area contributed by atoms with E-state index in [-0.39, 0.29) is 0 Å². The second-order valence-electron chi connectivity index (χ2n) is 6.24. The quantitative estimate of drug-likeness (QED) is 0.813. The van der Waals surface area contributed by atoms with Crippen molar-refractivity contribution in [1.29, 1.82) is 0 Å². The summed E-state index contributed by atoms with van der Waals surface area (Å²) in [7, 11) is 0. The van der Waals surface area contributed by atoms with E-state index in [1.54, 1.807) is 0 Å². The van der Waals surface area contributed by atoms with Crippen LogP contribution in [0.3, 0.4) is 0 Å². The highest BCUT2D eigenvalue weighted by molar-refractivity contribution is 5.60. The Balaban J connectivity index is 1.87. The molecule has 3 rings (SSSR count). The Kier molecular flexibility index (Phi) is 3.45. The molecule has 0 aromatic carbocycles. The Bertz CT molecular complexity index is 506. The number of aryl methyl sites for hydroxylation is 3. The molecule has 0 N–H and O–H groups in total. The van der Waals surface area contributed by atoms with Gasteiger partial charge in [-0.25, -0.2) is 0 Å². The van der Waals surface area contributed by atoms with Crippen LogP contribution >= 0.6 is 0 Å². The molecular weight excluding hydrogens is 246 g/mol. The van der Waals surface area contributed by atoms with Gasteiger partial charge in [-0.2, -0.15) is 0 Å². The predicted octanol–water partition coefficient (Wildman–Crippen LogP) is 3.89. The van der Waals surface area contributed by atoms with Crippen LogP contribution in [-0.4, -0.2) is 22.1 Å². The molecule has 108 valence electrons. The minimum atomic E-state index is 0.403. The van der Waals surface area contributed by atoms with Crippen molar-refractivity contribution in [3.8, 4) is 0 Å². The van der Waals surface area contributed by atoms with Gasteiger partial charge in [-0.3, -0.25) is 4.98 Å². The van der Waals surface area contributed by atoms with Crippen molar-refractivity contribution < 1.29 is 0 Å². The average molecular weight is 271 g/mol. The van der Waals surface area contributed by atoms with Crippen LogP contribution in [0, 0.1) is 20.8 Å². The monoisotopic (exact) mass is 271 g/mol. The third-order valence-corrected chi connectivity index (χ3v) is 4.72. The van der Waals surface area contributed by atoms with E-state index in [1.165, 1.54) is 36.9 Å². The second kappa shape index (κ2) is 5.12. The van der Waals surface area contributed by atoms with E-state index in [2.05, 4.69) is 60.9 Å². The first-order valence-corrected chi connectivity index (χ1v) is 7.77. The Labute approximate surface area is 122 Å². The second-order valence-corrected chi connectivity index (χ2v) is 6.24. The zero-order valence-corrected chi connectivity index (χ0v) is 13.1. The number of hydrogen-bond donors (Lipinski definition) is 0. The molecule has 0 saturated heterocycles. The highest BCUT2D eigenvalue weighted by Gasteiger charge is 2.31. The van der Waals surface area contributed by atoms with Gasteiger partial charge < -0.3 is 9.80 Å². The number of hydrogen-bond acceptors (Lipinski definition) is 3. The molecule has 0 amide bonds. The number of pyridine rings is 1. The fourth-order valence-corrected chi connectivity index (χ4v) is 3.84. The molecule has 3 nitrogen and oxygen atoms in total.